The molecule has 2 amide bonds. The molecule has 0 aromatic heterocycles. The van der Waals surface area contributed by atoms with Gasteiger partial charge in [-0.15, -0.1) is 0 Å². The zero-order valence-electron chi connectivity index (χ0n) is 12.3. The monoisotopic (exact) mass is 309 g/mol. The maximum Gasteiger partial charge on any atom is 0.246 e. The summed E-state index contributed by atoms with van der Waals surface area (Å²) in [6, 6.07) is 5.70. The third kappa shape index (κ3) is 4.44. The number of halogens is 1. The van der Waals surface area contributed by atoms with Gasteiger partial charge in [-0.25, -0.2) is 0 Å². The number of hydrogen-bond donors (Lipinski definition) is 2. The van der Waals surface area contributed by atoms with E-state index in [0.29, 0.717) is 16.6 Å². The fourth-order valence-electron chi connectivity index (χ4n) is 2.23. The Morgan fingerprint density at radius 1 is 1.29 bits per heavy atom. The normalized spacial score (nSPS) is 15.5. The van der Waals surface area contributed by atoms with Crippen LogP contribution in [0.5, 0.6) is 0 Å². The lowest BCUT2D eigenvalue weighted by Gasteiger charge is -2.28. The first kappa shape index (κ1) is 15.8. The molecule has 0 saturated carbocycles. The number of amides is 2. The Kier molecular flexibility index (Phi) is 5.20. The van der Waals surface area contributed by atoms with E-state index in [1.54, 1.807) is 4.90 Å². The summed E-state index contributed by atoms with van der Waals surface area (Å²) in [5.74, 6) is -0.00685. The molecule has 114 valence electrons. The van der Waals surface area contributed by atoms with Crippen molar-refractivity contribution in [3.63, 3.8) is 0 Å². The van der Waals surface area contributed by atoms with Gasteiger partial charge in [0.25, 0.3) is 0 Å². The highest BCUT2D eigenvalue weighted by atomic mass is 35.5. The minimum atomic E-state index is -0.301. The number of carbonyl (C=O) groups is 2. The van der Waals surface area contributed by atoms with E-state index in [1.165, 1.54) is 0 Å². The van der Waals surface area contributed by atoms with Crippen LogP contribution >= 0.6 is 11.6 Å². The minimum absolute atomic E-state index is 0.149. The van der Waals surface area contributed by atoms with E-state index in [0.717, 1.165) is 18.7 Å². The first-order chi connectivity index (χ1) is 9.95. The molecule has 21 heavy (non-hydrogen) atoms. The summed E-state index contributed by atoms with van der Waals surface area (Å²) >= 11 is 6.29. The van der Waals surface area contributed by atoms with Crippen molar-refractivity contribution < 1.29 is 9.59 Å². The summed E-state index contributed by atoms with van der Waals surface area (Å²) < 4.78 is 0. The molecule has 0 radical (unpaired) electrons. The van der Waals surface area contributed by atoms with Gasteiger partial charge >= 0.3 is 0 Å². The first-order valence-corrected chi connectivity index (χ1v) is 7.40. The fraction of sp³-hybridized carbons (Fsp3) is 0.467. The van der Waals surface area contributed by atoms with Gasteiger partial charge in [0.2, 0.25) is 11.8 Å². The van der Waals surface area contributed by atoms with Gasteiger partial charge in [0.05, 0.1) is 23.8 Å². The lowest BCUT2D eigenvalue weighted by atomic mass is 10.1. The quantitative estimate of drug-likeness (QED) is 0.810. The molecule has 6 heteroatoms. The minimum Gasteiger partial charge on any atom is -0.352 e. The number of carbonyl (C=O) groups excluding carboxylic acids is 2. The van der Waals surface area contributed by atoms with Crippen molar-refractivity contribution in [2.45, 2.75) is 20.4 Å². The molecule has 1 saturated heterocycles. The number of nitrogens with one attached hydrogen (secondary N) is 2. The van der Waals surface area contributed by atoms with Crippen molar-refractivity contribution in [3.8, 4) is 0 Å². The summed E-state index contributed by atoms with van der Waals surface area (Å²) in [6.45, 7) is 6.30. The van der Waals surface area contributed by atoms with E-state index >= 15 is 0 Å². The predicted octanol–water partition coefficient (Wildman–Crippen LogP) is 1.55. The lowest BCUT2D eigenvalue weighted by Crippen LogP contribution is -2.51. The van der Waals surface area contributed by atoms with Crippen LogP contribution in [0.25, 0.3) is 0 Å². The largest absolute Gasteiger partial charge is 0.352 e. The highest BCUT2D eigenvalue weighted by molar-refractivity contribution is 6.33. The van der Waals surface area contributed by atoms with Gasteiger partial charge in [-0.3, -0.25) is 14.9 Å². The summed E-state index contributed by atoms with van der Waals surface area (Å²) in [5.41, 5.74) is 1.80. The van der Waals surface area contributed by atoms with Gasteiger partial charge in [-0.1, -0.05) is 31.5 Å². The molecule has 1 heterocycles. The summed E-state index contributed by atoms with van der Waals surface area (Å²) in [7, 11) is 0. The highest BCUT2D eigenvalue weighted by Crippen LogP contribution is 2.27. The topological polar surface area (TPSA) is 61.4 Å². The smallest absolute Gasteiger partial charge is 0.246 e. The molecule has 1 aliphatic heterocycles. The van der Waals surface area contributed by atoms with Crippen molar-refractivity contribution >= 4 is 29.1 Å². The Bertz CT molecular complexity index is 530. The van der Waals surface area contributed by atoms with E-state index in [1.807, 2.05) is 18.2 Å². The predicted molar refractivity (Wildman–Crippen MR) is 83.4 cm³/mol. The van der Waals surface area contributed by atoms with Crippen LogP contribution in [-0.4, -0.2) is 31.4 Å². The molecule has 0 atom stereocenters. The molecule has 1 aromatic rings. The van der Waals surface area contributed by atoms with Crippen LogP contribution in [0.3, 0.4) is 0 Å². The Balaban J connectivity index is 2.05. The molecule has 1 aromatic carbocycles. The third-order valence-corrected chi connectivity index (χ3v) is 3.48. The number of nitrogens with zero attached hydrogens (tertiary/aromatic N) is 1. The molecule has 5 nitrogen and oxygen atoms in total. The molecule has 0 aliphatic carbocycles. The molecule has 2 N–H and O–H groups in total. The van der Waals surface area contributed by atoms with E-state index in [9.17, 15) is 9.59 Å². The van der Waals surface area contributed by atoms with Crippen LogP contribution in [0, 0.1) is 5.92 Å². The third-order valence-electron chi connectivity index (χ3n) is 3.18. The summed E-state index contributed by atoms with van der Waals surface area (Å²) in [5, 5.41) is 6.18. The molecule has 1 fully saturated rings. The number of imide groups is 1. The Morgan fingerprint density at radius 2 is 1.95 bits per heavy atom. The zero-order chi connectivity index (χ0) is 15.4. The molecular formula is C15H20ClN3O2. The van der Waals surface area contributed by atoms with E-state index in [-0.39, 0.29) is 24.9 Å². The molecule has 0 bridgehead atoms. The van der Waals surface area contributed by atoms with Crippen molar-refractivity contribution in [1.29, 1.82) is 0 Å². The summed E-state index contributed by atoms with van der Waals surface area (Å²) in [6.07, 6.45) is 0. The second-order valence-corrected chi connectivity index (χ2v) is 6.05. The van der Waals surface area contributed by atoms with E-state index in [4.69, 9.17) is 11.6 Å². The van der Waals surface area contributed by atoms with E-state index in [2.05, 4.69) is 24.5 Å². The average Bonchev–Trinajstić information content (AvgIpc) is 2.37. The van der Waals surface area contributed by atoms with Crippen molar-refractivity contribution in [2.75, 3.05) is 24.5 Å². The SMILES string of the molecule is CC(C)CNCc1ccc(N2CC(=O)NC(=O)C2)c(Cl)c1. The molecule has 2 rings (SSSR count). The van der Waals surface area contributed by atoms with Crippen LogP contribution < -0.4 is 15.5 Å². The number of hydrogen-bond acceptors (Lipinski definition) is 4. The van der Waals surface area contributed by atoms with Gasteiger partial charge < -0.3 is 10.2 Å². The van der Waals surface area contributed by atoms with Crippen LogP contribution in [0.4, 0.5) is 5.69 Å². The van der Waals surface area contributed by atoms with Gasteiger partial charge in [-0.2, -0.15) is 0 Å². The second-order valence-electron chi connectivity index (χ2n) is 5.64. The van der Waals surface area contributed by atoms with Crippen LogP contribution in [0.2, 0.25) is 5.02 Å². The van der Waals surface area contributed by atoms with Gasteiger partial charge in [0.15, 0.2) is 0 Å². The molecule has 1 aliphatic rings. The second kappa shape index (κ2) is 6.91. The van der Waals surface area contributed by atoms with E-state index < -0.39 is 0 Å². The summed E-state index contributed by atoms with van der Waals surface area (Å²) in [4.78, 5) is 24.5. The number of rotatable bonds is 5. The van der Waals surface area contributed by atoms with Crippen molar-refractivity contribution in [1.82, 2.24) is 10.6 Å². The number of anilines is 1. The molecule has 0 unspecified atom stereocenters. The maximum atomic E-state index is 11.4. The van der Waals surface area contributed by atoms with Crippen LogP contribution in [0.1, 0.15) is 19.4 Å². The number of piperazine rings is 1. The molecular weight excluding hydrogens is 290 g/mol. The molecule has 0 spiro atoms. The zero-order valence-corrected chi connectivity index (χ0v) is 13.0. The van der Waals surface area contributed by atoms with Crippen LogP contribution in [-0.2, 0) is 16.1 Å². The average molecular weight is 310 g/mol. The number of benzene rings is 1. The standard InChI is InChI=1S/C15H20ClN3O2/c1-10(2)6-17-7-11-3-4-13(12(16)5-11)19-8-14(20)18-15(21)9-19/h3-5,10,17H,6-9H2,1-2H3,(H,18,20,21). The highest BCUT2D eigenvalue weighted by Gasteiger charge is 2.24. The van der Waals surface area contributed by atoms with Gasteiger partial charge in [-0.05, 0) is 30.2 Å². The Morgan fingerprint density at radius 3 is 2.52 bits per heavy atom. The fourth-order valence-corrected chi connectivity index (χ4v) is 2.55. The maximum absolute atomic E-state index is 11.4. The van der Waals surface area contributed by atoms with Gasteiger partial charge in [0, 0.05) is 6.54 Å². The first-order valence-electron chi connectivity index (χ1n) is 7.02. The van der Waals surface area contributed by atoms with Crippen molar-refractivity contribution in [3.05, 3.63) is 28.8 Å². The Labute approximate surface area is 129 Å². The lowest BCUT2D eigenvalue weighted by molar-refractivity contribution is -0.130. The Hall–Kier alpha value is -1.59. The van der Waals surface area contributed by atoms with Gasteiger partial charge in [0.1, 0.15) is 0 Å². The van der Waals surface area contributed by atoms with Crippen LogP contribution in [0.15, 0.2) is 18.2 Å². The van der Waals surface area contributed by atoms with Crippen molar-refractivity contribution in [2.24, 2.45) is 5.92 Å².